The summed E-state index contributed by atoms with van der Waals surface area (Å²) >= 11 is 6.65. The molecular formula is C56H51ClF5N7O5. The van der Waals surface area contributed by atoms with Gasteiger partial charge in [0.25, 0.3) is 0 Å². The summed E-state index contributed by atoms with van der Waals surface area (Å²) < 4.78 is 109. The van der Waals surface area contributed by atoms with Gasteiger partial charge in [-0.25, -0.2) is 23.7 Å². The third kappa shape index (κ3) is 10.6. The highest BCUT2D eigenvalue weighted by molar-refractivity contribution is 6.29. The molecule has 0 fully saturated rings. The highest BCUT2D eigenvalue weighted by atomic mass is 35.5. The van der Waals surface area contributed by atoms with Crippen molar-refractivity contribution in [3.05, 3.63) is 177 Å². The number of hydrogen-bond acceptors (Lipinski definition) is 12. The van der Waals surface area contributed by atoms with E-state index in [1.807, 2.05) is 85.8 Å². The molecule has 0 bridgehead atoms. The minimum atomic E-state index is -5.11. The lowest BCUT2D eigenvalue weighted by Gasteiger charge is -2.33. The van der Waals surface area contributed by atoms with E-state index in [0.29, 0.717) is 41.9 Å². The van der Waals surface area contributed by atoms with Crippen LogP contribution in [0.25, 0.3) is 22.2 Å². The number of nitrogens with zero attached hydrogens (tertiary/aromatic N) is 7. The topological polar surface area (TPSA) is 107 Å². The molecule has 0 unspecified atom stereocenters. The number of benzene rings is 5. The fraction of sp³-hybridized carbons (Fsp3) is 0.250. The van der Waals surface area contributed by atoms with E-state index in [-0.39, 0.29) is 48.8 Å². The maximum absolute atomic E-state index is 17.7. The zero-order chi connectivity index (χ0) is 52.3. The number of hydrogen-bond donors (Lipinski definition) is 0. The summed E-state index contributed by atoms with van der Waals surface area (Å²) in [7, 11) is 6.28. The van der Waals surface area contributed by atoms with Gasteiger partial charge in [0, 0.05) is 37.9 Å². The van der Waals surface area contributed by atoms with Crippen molar-refractivity contribution in [3.63, 3.8) is 0 Å². The second-order valence-corrected chi connectivity index (χ2v) is 18.0. The zero-order valence-electron chi connectivity index (χ0n) is 41.3. The highest BCUT2D eigenvalue weighted by Crippen LogP contribution is 2.49. The number of methoxy groups -OCH3 is 4. The normalized spacial score (nSPS) is 12.7. The van der Waals surface area contributed by atoms with E-state index >= 15 is 22.0 Å². The smallest absolute Gasteiger partial charge is 0.418 e. The standard InChI is InChI=1S/C56H51ClF5N7O5/c1-33-28-44(67(29-35-9-17-39(70-3)18-10-35)30-36-11-19-40(71-4)20-12-36)64-50(47(33)56(60,61)62)45-48(58)51-46-52(49(45)59)74-27-26-69(54(46)66-55(57)65-51)34(2)43-8-7-25-63-53(43)68(31-37-13-21-41(72-5)22-14-37)32-38-15-23-42(73-6)24-16-38/h7-25,28,34H,26-27,29-32H2,1-6H3/t34-/m1/s1. The van der Waals surface area contributed by atoms with E-state index in [1.54, 1.807) is 60.5 Å². The third-order valence-electron chi connectivity index (χ3n) is 13.0. The quantitative estimate of drug-likeness (QED) is 0.0640. The number of ether oxygens (including phenoxy) is 5. The first kappa shape index (κ1) is 51.0. The molecule has 0 radical (unpaired) electrons. The number of anilines is 3. The monoisotopic (exact) mass is 1030 g/mol. The van der Waals surface area contributed by atoms with Gasteiger partial charge < -0.3 is 38.4 Å². The molecule has 74 heavy (non-hydrogen) atoms. The molecule has 8 aromatic rings. The van der Waals surface area contributed by atoms with Crippen LogP contribution in [0.2, 0.25) is 5.28 Å². The highest BCUT2D eigenvalue weighted by Gasteiger charge is 2.41. The van der Waals surface area contributed by atoms with Gasteiger partial charge >= 0.3 is 6.18 Å². The first-order valence-electron chi connectivity index (χ1n) is 23.5. The Balaban J connectivity index is 1.16. The van der Waals surface area contributed by atoms with Crippen LogP contribution in [-0.2, 0) is 32.4 Å². The fourth-order valence-corrected chi connectivity index (χ4v) is 9.43. The summed E-state index contributed by atoms with van der Waals surface area (Å²) in [6.07, 6.45) is -3.42. The summed E-state index contributed by atoms with van der Waals surface area (Å²) in [5.41, 5.74) is -0.0911. The lowest BCUT2D eigenvalue weighted by atomic mass is 9.97. The molecule has 1 atom stereocenters. The Morgan fingerprint density at radius 3 is 1.64 bits per heavy atom. The first-order valence-corrected chi connectivity index (χ1v) is 23.9. The van der Waals surface area contributed by atoms with E-state index in [1.165, 1.54) is 27.2 Å². The summed E-state index contributed by atoms with van der Waals surface area (Å²) in [6.45, 7) is 4.14. The second kappa shape index (κ2) is 21.7. The molecule has 0 amide bonds. The molecule has 9 rings (SSSR count). The maximum Gasteiger partial charge on any atom is 0.418 e. The zero-order valence-corrected chi connectivity index (χ0v) is 42.1. The van der Waals surface area contributed by atoms with E-state index in [0.717, 1.165) is 27.8 Å². The van der Waals surface area contributed by atoms with Gasteiger partial charge in [-0.15, -0.1) is 0 Å². The van der Waals surface area contributed by atoms with Crippen molar-refractivity contribution in [2.75, 3.05) is 56.3 Å². The van der Waals surface area contributed by atoms with Gasteiger partial charge in [0.1, 0.15) is 52.6 Å². The minimum absolute atomic E-state index is 0.00936. The number of rotatable bonds is 17. The molecule has 1 aliphatic rings. The molecule has 5 aromatic carbocycles. The SMILES string of the molecule is COc1ccc(CN(Cc2ccc(OC)cc2)c2cc(C)c(C(F)(F)F)c(-c3c(F)c4c5c(nc(Cl)nc5c3F)N([C@H](C)c3cccnc3N(Cc3ccc(OC)cc3)Cc3ccc(OC)cc3)CCO4)n2)cc1. The Morgan fingerprint density at radius 2 is 1.16 bits per heavy atom. The summed E-state index contributed by atoms with van der Waals surface area (Å²) in [4.78, 5) is 23.8. The van der Waals surface area contributed by atoms with Crippen LogP contribution in [-0.4, -0.2) is 61.5 Å². The van der Waals surface area contributed by atoms with Crippen LogP contribution in [0.15, 0.2) is 121 Å². The first-order chi connectivity index (χ1) is 35.7. The average molecular weight is 1030 g/mol. The van der Waals surface area contributed by atoms with Crippen LogP contribution in [0.3, 0.4) is 0 Å². The van der Waals surface area contributed by atoms with Crippen molar-refractivity contribution in [3.8, 4) is 40.0 Å². The van der Waals surface area contributed by atoms with Crippen LogP contribution in [0, 0.1) is 18.6 Å². The van der Waals surface area contributed by atoms with Gasteiger partial charge in [-0.1, -0.05) is 54.6 Å². The molecule has 0 spiro atoms. The average Bonchev–Trinajstić information content (AvgIpc) is 3.61. The van der Waals surface area contributed by atoms with E-state index < -0.39 is 57.2 Å². The van der Waals surface area contributed by atoms with Gasteiger partial charge in [-0.2, -0.15) is 18.2 Å². The van der Waals surface area contributed by atoms with Crippen molar-refractivity contribution in [1.82, 2.24) is 19.9 Å². The molecule has 18 heteroatoms. The van der Waals surface area contributed by atoms with Gasteiger partial charge in [0.05, 0.1) is 63.2 Å². The Morgan fingerprint density at radius 1 is 0.676 bits per heavy atom. The van der Waals surface area contributed by atoms with Gasteiger partial charge in [-0.05, 0) is 114 Å². The molecule has 0 aliphatic carbocycles. The fourth-order valence-electron chi connectivity index (χ4n) is 9.26. The molecular weight excluding hydrogens is 981 g/mol. The van der Waals surface area contributed by atoms with Crippen molar-refractivity contribution in [2.24, 2.45) is 0 Å². The molecule has 12 nitrogen and oxygen atoms in total. The number of halogens is 6. The van der Waals surface area contributed by atoms with Crippen molar-refractivity contribution in [1.29, 1.82) is 0 Å². The molecule has 4 heterocycles. The Labute approximate surface area is 429 Å². The molecule has 1 aliphatic heterocycles. The van der Waals surface area contributed by atoms with E-state index in [4.69, 9.17) is 40.3 Å². The Hall–Kier alpha value is -7.92. The van der Waals surface area contributed by atoms with Crippen LogP contribution in [0.4, 0.5) is 39.4 Å². The summed E-state index contributed by atoms with van der Waals surface area (Å²) in [5.74, 6) is -0.134. The largest absolute Gasteiger partial charge is 0.497 e. The summed E-state index contributed by atoms with van der Waals surface area (Å²) in [6, 6.07) is 34.0. The minimum Gasteiger partial charge on any atom is -0.497 e. The second-order valence-electron chi connectivity index (χ2n) is 17.6. The van der Waals surface area contributed by atoms with Crippen LogP contribution < -0.4 is 38.4 Å². The lowest BCUT2D eigenvalue weighted by Crippen LogP contribution is -2.33. The van der Waals surface area contributed by atoms with Gasteiger partial charge in [-0.3, -0.25) is 0 Å². The Kier molecular flexibility index (Phi) is 14.9. The molecule has 382 valence electrons. The molecule has 3 aromatic heterocycles. The van der Waals surface area contributed by atoms with E-state index in [2.05, 4.69) is 19.9 Å². The van der Waals surface area contributed by atoms with Crippen molar-refractivity contribution < 1.29 is 45.6 Å². The predicted octanol–water partition coefficient (Wildman–Crippen LogP) is 12.8. The lowest BCUT2D eigenvalue weighted by molar-refractivity contribution is -0.137. The third-order valence-corrected chi connectivity index (χ3v) is 13.2. The number of pyridine rings is 2. The maximum atomic E-state index is 17.7. The van der Waals surface area contributed by atoms with Gasteiger partial charge in [0.15, 0.2) is 17.4 Å². The van der Waals surface area contributed by atoms with Crippen LogP contribution in [0.5, 0.6) is 28.7 Å². The van der Waals surface area contributed by atoms with Crippen molar-refractivity contribution >= 4 is 40.0 Å². The number of aryl methyl sites for hydroxylation is 1. The van der Waals surface area contributed by atoms with Gasteiger partial charge in [0.2, 0.25) is 5.28 Å². The van der Waals surface area contributed by atoms with Crippen molar-refractivity contribution in [2.45, 2.75) is 52.2 Å². The number of alkyl halides is 3. The van der Waals surface area contributed by atoms with Crippen LogP contribution >= 0.6 is 11.6 Å². The number of aromatic nitrogens is 4. The molecule has 0 N–H and O–H groups in total. The predicted molar refractivity (Wildman–Crippen MR) is 275 cm³/mol. The molecule has 0 saturated carbocycles. The van der Waals surface area contributed by atoms with Crippen LogP contribution in [0.1, 0.15) is 51.9 Å². The Bertz CT molecular complexity index is 3180. The van der Waals surface area contributed by atoms with E-state index in [9.17, 15) is 0 Å². The molecule has 0 saturated heterocycles. The summed E-state index contributed by atoms with van der Waals surface area (Å²) in [5, 5.41) is -0.640.